The number of carboxylic acids is 1. The number of aromatic carboxylic acids is 1. The molecule has 0 bridgehead atoms. The third-order valence-corrected chi connectivity index (χ3v) is 4.01. The molecule has 0 fully saturated rings. The minimum atomic E-state index is -1.77. The van der Waals surface area contributed by atoms with E-state index in [2.05, 4.69) is 10.3 Å². The van der Waals surface area contributed by atoms with E-state index < -0.39 is 74.1 Å². The summed E-state index contributed by atoms with van der Waals surface area (Å²) in [6.45, 7) is 0. The summed E-state index contributed by atoms with van der Waals surface area (Å²) in [5.41, 5.74) is 6.24. The maximum Gasteiger partial charge on any atom is 0.341 e. The second-order valence-electron chi connectivity index (χ2n) is 5.60. The maximum absolute atomic E-state index is 15.0. The van der Waals surface area contributed by atoms with Gasteiger partial charge >= 0.3 is 5.97 Å². The molecule has 28 heavy (non-hydrogen) atoms. The lowest BCUT2D eigenvalue weighted by Crippen LogP contribution is -2.22. The number of rotatable bonds is 3. The molecule has 0 aliphatic rings. The second kappa shape index (κ2) is 6.40. The van der Waals surface area contributed by atoms with Crippen molar-refractivity contribution in [3.63, 3.8) is 0 Å². The number of fused-ring (bicyclic) bond motifs is 1. The van der Waals surface area contributed by atoms with Crippen molar-refractivity contribution >= 4 is 34.1 Å². The molecule has 0 atom stereocenters. The van der Waals surface area contributed by atoms with E-state index in [9.17, 15) is 32.3 Å². The molecule has 8 nitrogen and oxygen atoms in total. The quantitative estimate of drug-likeness (QED) is 0.391. The van der Waals surface area contributed by atoms with Crippen LogP contribution in [-0.2, 0) is 0 Å². The van der Waals surface area contributed by atoms with Crippen LogP contribution in [0.4, 0.5) is 34.8 Å². The van der Waals surface area contributed by atoms with Gasteiger partial charge in [0.1, 0.15) is 11.3 Å². The van der Waals surface area contributed by atoms with Crippen LogP contribution in [-0.4, -0.2) is 27.7 Å². The van der Waals surface area contributed by atoms with Gasteiger partial charge in [0.2, 0.25) is 5.43 Å². The summed E-state index contributed by atoms with van der Waals surface area (Å²) in [5.74, 6) is -8.64. The van der Waals surface area contributed by atoms with E-state index in [1.165, 1.54) is 0 Å². The highest BCUT2D eigenvalue weighted by Gasteiger charge is 2.27. The number of carbonyl (C=O) groups is 1. The van der Waals surface area contributed by atoms with E-state index in [1.807, 2.05) is 0 Å². The molecular formula is C16H11F4N5O3. The van der Waals surface area contributed by atoms with Crippen molar-refractivity contribution in [3.8, 4) is 5.82 Å². The molecule has 2 aromatic heterocycles. The molecule has 6 N–H and O–H groups in total. The van der Waals surface area contributed by atoms with Gasteiger partial charge in [-0.25, -0.2) is 27.3 Å². The first-order chi connectivity index (χ1) is 13.1. The molecule has 0 radical (unpaired) electrons. The van der Waals surface area contributed by atoms with Crippen LogP contribution < -0.4 is 22.2 Å². The summed E-state index contributed by atoms with van der Waals surface area (Å²) in [6.07, 6.45) is 0.565. The van der Waals surface area contributed by atoms with Gasteiger partial charge in [-0.2, -0.15) is 0 Å². The van der Waals surface area contributed by atoms with E-state index in [0.29, 0.717) is 16.8 Å². The zero-order valence-electron chi connectivity index (χ0n) is 14.0. The van der Waals surface area contributed by atoms with Gasteiger partial charge in [-0.15, -0.1) is 0 Å². The predicted molar refractivity (Wildman–Crippen MR) is 92.5 cm³/mol. The highest BCUT2D eigenvalue weighted by atomic mass is 19.1. The van der Waals surface area contributed by atoms with Gasteiger partial charge in [-0.1, -0.05) is 0 Å². The smallest absolute Gasteiger partial charge is 0.341 e. The van der Waals surface area contributed by atoms with Crippen molar-refractivity contribution in [3.05, 3.63) is 51.3 Å². The Hall–Kier alpha value is -3.83. The van der Waals surface area contributed by atoms with Gasteiger partial charge in [0.25, 0.3) is 0 Å². The fourth-order valence-corrected chi connectivity index (χ4v) is 2.72. The number of carboxylic acid groups (broad SMARTS) is 1. The maximum atomic E-state index is 15.0. The van der Waals surface area contributed by atoms with Crippen LogP contribution in [0.1, 0.15) is 10.4 Å². The van der Waals surface area contributed by atoms with Gasteiger partial charge in [0.05, 0.1) is 16.6 Å². The van der Waals surface area contributed by atoms with Crippen LogP contribution in [0.5, 0.6) is 0 Å². The SMILES string of the molecule is CNc1c(F)c(N)c2c(=O)c(C(=O)O)cn(-c3nc(N)c(F)cc3F)c2c1F. The normalized spacial score (nSPS) is 11.0. The Balaban J connectivity index is 2.66. The van der Waals surface area contributed by atoms with Gasteiger partial charge < -0.3 is 21.9 Å². The molecule has 0 saturated heterocycles. The number of halogens is 4. The molecule has 0 aliphatic heterocycles. The van der Waals surface area contributed by atoms with Crippen molar-refractivity contribution in [2.45, 2.75) is 0 Å². The Morgan fingerprint density at radius 2 is 1.82 bits per heavy atom. The Bertz CT molecular complexity index is 1230. The van der Waals surface area contributed by atoms with Crippen molar-refractivity contribution < 1.29 is 27.5 Å². The van der Waals surface area contributed by atoms with Gasteiger partial charge in [0.15, 0.2) is 34.9 Å². The van der Waals surface area contributed by atoms with E-state index in [-0.39, 0.29) is 0 Å². The third-order valence-electron chi connectivity index (χ3n) is 4.01. The molecule has 0 amide bonds. The topological polar surface area (TPSA) is 136 Å². The molecule has 0 unspecified atom stereocenters. The molecule has 0 aliphatic carbocycles. The number of hydrogen-bond acceptors (Lipinski definition) is 6. The fraction of sp³-hybridized carbons (Fsp3) is 0.0625. The van der Waals surface area contributed by atoms with Crippen molar-refractivity contribution in [1.29, 1.82) is 0 Å². The average molecular weight is 397 g/mol. The summed E-state index contributed by atoms with van der Waals surface area (Å²) < 4.78 is 57.6. The lowest BCUT2D eigenvalue weighted by Gasteiger charge is -2.17. The fourth-order valence-electron chi connectivity index (χ4n) is 2.72. The monoisotopic (exact) mass is 397 g/mol. The summed E-state index contributed by atoms with van der Waals surface area (Å²) in [4.78, 5) is 27.3. The third kappa shape index (κ3) is 2.57. The summed E-state index contributed by atoms with van der Waals surface area (Å²) in [7, 11) is 1.16. The standard InChI is InChI=1S/C16H11F4N5O3/c1-23-11-8(19)10(21)7-12(9(11)20)25(3-4(13(7)26)16(27)28)15-6(18)2-5(17)14(22)24-15/h2-3,23H,21H2,1H3,(H2,22,24)(H,27,28). The highest BCUT2D eigenvalue weighted by Crippen LogP contribution is 2.34. The van der Waals surface area contributed by atoms with Crippen LogP contribution in [0.15, 0.2) is 17.1 Å². The lowest BCUT2D eigenvalue weighted by atomic mass is 10.1. The Morgan fingerprint density at radius 3 is 2.39 bits per heavy atom. The largest absolute Gasteiger partial charge is 0.477 e. The Morgan fingerprint density at radius 1 is 1.18 bits per heavy atom. The zero-order chi connectivity index (χ0) is 20.9. The average Bonchev–Trinajstić information content (AvgIpc) is 2.63. The zero-order valence-corrected chi connectivity index (χ0v) is 14.0. The molecule has 1 aromatic carbocycles. The molecule has 0 saturated carbocycles. The van der Waals surface area contributed by atoms with E-state index in [0.717, 1.165) is 7.05 Å². The van der Waals surface area contributed by atoms with E-state index in [4.69, 9.17) is 11.5 Å². The summed E-state index contributed by atoms with van der Waals surface area (Å²) >= 11 is 0. The second-order valence-corrected chi connectivity index (χ2v) is 5.60. The van der Waals surface area contributed by atoms with Crippen molar-refractivity contribution in [1.82, 2.24) is 9.55 Å². The number of nitrogens with zero attached hydrogens (tertiary/aromatic N) is 2. The van der Waals surface area contributed by atoms with E-state index in [1.54, 1.807) is 0 Å². The van der Waals surface area contributed by atoms with Gasteiger partial charge in [0, 0.05) is 19.3 Å². The van der Waals surface area contributed by atoms with Gasteiger partial charge in [-0.3, -0.25) is 9.36 Å². The first-order valence-corrected chi connectivity index (χ1v) is 7.48. The first-order valence-electron chi connectivity index (χ1n) is 7.48. The number of pyridine rings is 2. The molecule has 3 aromatic rings. The van der Waals surface area contributed by atoms with Crippen LogP contribution in [0, 0.1) is 23.3 Å². The lowest BCUT2D eigenvalue weighted by molar-refractivity contribution is 0.0695. The molecule has 0 spiro atoms. The molecule has 146 valence electrons. The Kier molecular flexibility index (Phi) is 4.33. The van der Waals surface area contributed by atoms with Crippen molar-refractivity contribution in [2.75, 3.05) is 23.8 Å². The minimum Gasteiger partial charge on any atom is -0.477 e. The van der Waals surface area contributed by atoms with E-state index >= 15 is 0 Å². The van der Waals surface area contributed by atoms with Crippen LogP contribution in [0.2, 0.25) is 0 Å². The predicted octanol–water partition coefficient (Wildman–Crippen LogP) is 1.85. The molecule has 3 rings (SSSR count). The number of nitrogens with one attached hydrogen (secondary N) is 1. The van der Waals surface area contributed by atoms with Gasteiger partial charge in [-0.05, 0) is 0 Å². The summed E-state index contributed by atoms with van der Waals surface area (Å²) in [6, 6.07) is 0.339. The number of anilines is 3. The van der Waals surface area contributed by atoms with Crippen molar-refractivity contribution in [2.24, 2.45) is 0 Å². The van der Waals surface area contributed by atoms with Crippen LogP contribution >= 0.6 is 0 Å². The number of nitrogen functional groups attached to an aromatic ring is 2. The minimum absolute atomic E-state index is 0.339. The molecule has 12 heteroatoms. The highest BCUT2D eigenvalue weighted by molar-refractivity contribution is 6.00. The van der Waals surface area contributed by atoms with Crippen LogP contribution in [0.25, 0.3) is 16.7 Å². The van der Waals surface area contributed by atoms with Crippen LogP contribution in [0.3, 0.4) is 0 Å². The molecule has 2 heterocycles. The number of aromatic nitrogens is 2. The first kappa shape index (κ1) is 18.9. The summed E-state index contributed by atoms with van der Waals surface area (Å²) in [5, 5.41) is 10.6. The number of nitrogens with two attached hydrogens (primary N) is 2. The Labute approximate surface area is 153 Å². The molecular weight excluding hydrogens is 386 g/mol. The number of hydrogen-bond donors (Lipinski definition) is 4. The number of benzene rings is 1.